The molecular formula is C23H25N5O3. The van der Waals surface area contributed by atoms with Crippen molar-refractivity contribution in [3.8, 4) is 0 Å². The van der Waals surface area contributed by atoms with Crippen LogP contribution in [0, 0.1) is 6.92 Å². The number of nitrogens with one attached hydrogen (secondary N) is 1. The molecule has 0 aliphatic heterocycles. The van der Waals surface area contributed by atoms with Gasteiger partial charge in [-0.2, -0.15) is 5.10 Å². The highest BCUT2D eigenvalue weighted by Crippen LogP contribution is 2.26. The summed E-state index contributed by atoms with van der Waals surface area (Å²) in [5.74, 6) is 0.456. The van der Waals surface area contributed by atoms with Crippen molar-refractivity contribution in [3.63, 3.8) is 0 Å². The van der Waals surface area contributed by atoms with Crippen molar-refractivity contribution in [2.24, 2.45) is 7.05 Å². The molecule has 0 radical (unpaired) electrons. The number of carbonyl (C=O) groups excluding carboxylic acids is 1. The van der Waals surface area contributed by atoms with Gasteiger partial charge in [-0.1, -0.05) is 51.1 Å². The van der Waals surface area contributed by atoms with Crippen molar-refractivity contribution >= 4 is 22.8 Å². The first-order chi connectivity index (χ1) is 14.6. The van der Waals surface area contributed by atoms with E-state index in [0.717, 1.165) is 11.3 Å². The first-order valence-corrected chi connectivity index (χ1v) is 10.0. The Kier molecular flexibility index (Phi) is 5.00. The summed E-state index contributed by atoms with van der Waals surface area (Å²) in [7, 11) is 1.59. The van der Waals surface area contributed by atoms with E-state index >= 15 is 0 Å². The normalized spacial score (nSPS) is 11.8. The maximum atomic E-state index is 13.2. The SMILES string of the molecule is Cc1oc2ncn(C)c(=O)c2c1C(=O)Nc1cc(C(C)(C)C)nn1Cc1ccccc1. The molecule has 0 unspecified atom stereocenters. The molecule has 0 aliphatic carbocycles. The summed E-state index contributed by atoms with van der Waals surface area (Å²) >= 11 is 0. The van der Waals surface area contributed by atoms with Crippen LogP contribution < -0.4 is 10.9 Å². The smallest absolute Gasteiger partial charge is 0.265 e. The zero-order valence-corrected chi connectivity index (χ0v) is 18.3. The number of hydrogen-bond acceptors (Lipinski definition) is 5. The Balaban J connectivity index is 1.75. The van der Waals surface area contributed by atoms with Gasteiger partial charge in [0.2, 0.25) is 5.71 Å². The lowest BCUT2D eigenvalue weighted by molar-refractivity contribution is 0.102. The first kappa shape index (κ1) is 20.6. The van der Waals surface area contributed by atoms with Crippen LogP contribution in [0.2, 0.25) is 0 Å². The number of furan rings is 1. The van der Waals surface area contributed by atoms with Crippen molar-refractivity contribution in [1.82, 2.24) is 19.3 Å². The predicted molar refractivity (Wildman–Crippen MR) is 118 cm³/mol. The topological polar surface area (TPSA) is 94.9 Å². The number of rotatable bonds is 4. The van der Waals surface area contributed by atoms with Crippen LogP contribution in [0.1, 0.15) is 48.1 Å². The molecule has 0 aliphatic rings. The van der Waals surface area contributed by atoms with Gasteiger partial charge in [-0.05, 0) is 12.5 Å². The first-order valence-electron chi connectivity index (χ1n) is 10.0. The third-order valence-electron chi connectivity index (χ3n) is 5.14. The average Bonchev–Trinajstić information content (AvgIpc) is 3.26. The maximum absolute atomic E-state index is 13.2. The van der Waals surface area contributed by atoms with Crippen molar-refractivity contribution in [1.29, 1.82) is 0 Å². The van der Waals surface area contributed by atoms with Gasteiger partial charge >= 0.3 is 0 Å². The van der Waals surface area contributed by atoms with Gasteiger partial charge in [0.05, 0.1) is 17.8 Å². The molecule has 160 valence electrons. The zero-order chi connectivity index (χ0) is 22.3. The second-order valence-corrected chi connectivity index (χ2v) is 8.64. The van der Waals surface area contributed by atoms with E-state index in [9.17, 15) is 9.59 Å². The van der Waals surface area contributed by atoms with Crippen molar-refractivity contribution in [3.05, 3.63) is 75.7 Å². The van der Waals surface area contributed by atoms with Crippen LogP contribution in [0.15, 0.2) is 51.9 Å². The Bertz CT molecular complexity index is 1320. The fraction of sp³-hybridized carbons (Fsp3) is 0.304. The predicted octanol–water partition coefficient (Wildman–Crippen LogP) is 3.63. The van der Waals surface area contributed by atoms with Crippen LogP contribution in [0.5, 0.6) is 0 Å². The molecule has 1 N–H and O–H groups in total. The average molecular weight is 419 g/mol. The van der Waals surface area contributed by atoms with Gasteiger partial charge < -0.3 is 14.3 Å². The summed E-state index contributed by atoms with van der Waals surface area (Å²) < 4.78 is 8.66. The number of benzene rings is 1. The molecule has 0 bridgehead atoms. The summed E-state index contributed by atoms with van der Waals surface area (Å²) in [6.45, 7) is 8.35. The maximum Gasteiger partial charge on any atom is 0.265 e. The van der Waals surface area contributed by atoms with Crippen LogP contribution in [0.3, 0.4) is 0 Å². The second kappa shape index (κ2) is 7.54. The molecule has 0 atom stereocenters. The third-order valence-corrected chi connectivity index (χ3v) is 5.14. The Labute approximate surface area is 179 Å². The number of aromatic nitrogens is 4. The Hall–Kier alpha value is -3.68. The standard InChI is InChI=1S/C23H25N5O3/c1-14-18(19-21(31-14)24-13-27(5)22(19)30)20(29)25-17-11-16(23(2,3)4)26-28(17)12-15-9-7-6-8-10-15/h6-11,13H,12H2,1-5H3,(H,25,29). The highest BCUT2D eigenvalue weighted by atomic mass is 16.3. The Morgan fingerprint density at radius 1 is 1.19 bits per heavy atom. The summed E-state index contributed by atoms with van der Waals surface area (Å²) in [4.78, 5) is 30.0. The molecule has 4 rings (SSSR count). The van der Waals surface area contributed by atoms with Gasteiger partial charge in [-0.15, -0.1) is 0 Å². The van der Waals surface area contributed by atoms with Gasteiger partial charge in [-0.3, -0.25) is 9.59 Å². The molecule has 8 nitrogen and oxygen atoms in total. The van der Waals surface area contributed by atoms with Crippen LogP contribution >= 0.6 is 0 Å². The lowest BCUT2D eigenvalue weighted by Crippen LogP contribution is -2.21. The largest absolute Gasteiger partial charge is 0.442 e. The van der Waals surface area contributed by atoms with Crippen LogP contribution in [0.4, 0.5) is 5.82 Å². The van der Waals surface area contributed by atoms with E-state index in [4.69, 9.17) is 9.52 Å². The molecular weight excluding hydrogens is 394 g/mol. The Morgan fingerprint density at radius 2 is 1.90 bits per heavy atom. The number of fused-ring (bicyclic) bond motifs is 1. The minimum absolute atomic E-state index is 0.152. The number of aryl methyl sites for hydroxylation is 2. The van der Waals surface area contributed by atoms with Gasteiger partial charge in [0.15, 0.2) is 0 Å². The molecule has 0 saturated heterocycles. The van der Waals surface area contributed by atoms with E-state index in [0.29, 0.717) is 18.1 Å². The third kappa shape index (κ3) is 3.88. The van der Waals surface area contributed by atoms with E-state index in [1.54, 1.807) is 18.7 Å². The number of amides is 1. The number of nitrogens with zero attached hydrogens (tertiary/aromatic N) is 4. The molecule has 8 heteroatoms. The fourth-order valence-corrected chi connectivity index (χ4v) is 3.40. The second-order valence-electron chi connectivity index (χ2n) is 8.64. The van der Waals surface area contributed by atoms with E-state index in [-0.39, 0.29) is 27.6 Å². The van der Waals surface area contributed by atoms with Crippen LogP contribution in [0.25, 0.3) is 11.1 Å². The molecule has 31 heavy (non-hydrogen) atoms. The number of anilines is 1. The van der Waals surface area contributed by atoms with Crippen molar-refractivity contribution in [2.45, 2.75) is 39.7 Å². The molecule has 1 amide bonds. The lowest BCUT2D eigenvalue weighted by atomic mass is 9.92. The minimum Gasteiger partial charge on any atom is -0.442 e. The van der Waals surface area contributed by atoms with Crippen LogP contribution in [-0.2, 0) is 19.0 Å². The highest BCUT2D eigenvalue weighted by molar-refractivity contribution is 6.12. The summed E-state index contributed by atoms with van der Waals surface area (Å²) in [5, 5.41) is 7.83. The molecule has 0 fully saturated rings. The molecule has 3 heterocycles. The highest BCUT2D eigenvalue weighted by Gasteiger charge is 2.25. The van der Waals surface area contributed by atoms with Crippen LogP contribution in [-0.4, -0.2) is 25.2 Å². The molecule has 0 spiro atoms. The summed E-state index contributed by atoms with van der Waals surface area (Å²) in [6, 6.07) is 11.8. The molecule has 1 aromatic carbocycles. The number of carbonyl (C=O) groups is 1. The fourth-order valence-electron chi connectivity index (χ4n) is 3.40. The van der Waals surface area contributed by atoms with E-state index in [2.05, 4.69) is 31.1 Å². The van der Waals surface area contributed by atoms with Crippen molar-refractivity contribution < 1.29 is 9.21 Å². The van der Waals surface area contributed by atoms with E-state index < -0.39 is 5.91 Å². The Morgan fingerprint density at radius 3 is 2.58 bits per heavy atom. The quantitative estimate of drug-likeness (QED) is 0.545. The summed E-state index contributed by atoms with van der Waals surface area (Å²) in [6.07, 6.45) is 1.37. The van der Waals surface area contributed by atoms with Crippen molar-refractivity contribution in [2.75, 3.05) is 5.32 Å². The molecule has 3 aromatic heterocycles. The minimum atomic E-state index is -0.434. The van der Waals surface area contributed by atoms with E-state index in [1.807, 2.05) is 36.4 Å². The van der Waals surface area contributed by atoms with Gasteiger partial charge in [0.25, 0.3) is 11.5 Å². The van der Waals surface area contributed by atoms with E-state index in [1.165, 1.54) is 10.9 Å². The van der Waals surface area contributed by atoms with Gasteiger partial charge in [0, 0.05) is 18.5 Å². The van der Waals surface area contributed by atoms with Gasteiger partial charge in [0.1, 0.15) is 23.3 Å². The molecule has 0 saturated carbocycles. The lowest BCUT2D eigenvalue weighted by Gasteiger charge is -2.14. The summed E-state index contributed by atoms with van der Waals surface area (Å²) in [5.41, 5.74) is 1.72. The van der Waals surface area contributed by atoms with Gasteiger partial charge in [-0.25, -0.2) is 9.67 Å². The molecule has 4 aromatic rings. The zero-order valence-electron chi connectivity index (χ0n) is 18.3. The number of hydrogen-bond donors (Lipinski definition) is 1. The monoisotopic (exact) mass is 419 g/mol.